The van der Waals surface area contributed by atoms with Gasteiger partial charge in [-0.25, -0.2) is 14.4 Å². The average molecular weight is 420 g/mol. The van der Waals surface area contributed by atoms with Gasteiger partial charge in [-0.05, 0) is 39.0 Å². The van der Waals surface area contributed by atoms with Crippen molar-refractivity contribution in [3.8, 4) is 17.3 Å². The lowest BCUT2D eigenvalue weighted by molar-refractivity contribution is -0.117. The van der Waals surface area contributed by atoms with Gasteiger partial charge in [0.05, 0.1) is 46.4 Å². The summed E-state index contributed by atoms with van der Waals surface area (Å²) in [6.07, 6.45) is 1.42. The molecule has 2 amide bonds. The first-order valence-corrected chi connectivity index (χ1v) is 9.63. The highest BCUT2D eigenvalue weighted by Crippen LogP contribution is 2.32. The van der Waals surface area contributed by atoms with Gasteiger partial charge in [-0.3, -0.25) is 9.59 Å². The van der Waals surface area contributed by atoms with Crippen LogP contribution < -0.4 is 16.0 Å². The van der Waals surface area contributed by atoms with Crippen LogP contribution in [0.5, 0.6) is 0 Å². The molecule has 9 heteroatoms. The van der Waals surface area contributed by atoms with E-state index in [4.69, 9.17) is 0 Å². The van der Waals surface area contributed by atoms with E-state index < -0.39 is 5.82 Å². The van der Waals surface area contributed by atoms with Crippen molar-refractivity contribution in [2.45, 2.75) is 27.3 Å². The Bertz CT molecular complexity index is 1160. The zero-order chi connectivity index (χ0) is 22.5. The number of nitrogens with one attached hydrogen (secondary N) is 3. The van der Waals surface area contributed by atoms with Crippen LogP contribution in [0.25, 0.3) is 11.3 Å². The molecule has 1 aliphatic rings. The summed E-state index contributed by atoms with van der Waals surface area (Å²) in [5, 5.41) is 17.8. The molecule has 0 radical (unpaired) electrons. The Morgan fingerprint density at radius 2 is 2.16 bits per heavy atom. The predicted molar refractivity (Wildman–Crippen MR) is 115 cm³/mol. The van der Waals surface area contributed by atoms with Crippen LogP contribution >= 0.6 is 0 Å². The smallest absolute Gasteiger partial charge is 0.255 e. The lowest BCUT2D eigenvalue weighted by atomic mass is 10.0. The molecule has 158 valence electrons. The lowest BCUT2D eigenvalue weighted by Crippen LogP contribution is -2.23. The van der Waals surface area contributed by atoms with Gasteiger partial charge in [0.25, 0.3) is 5.91 Å². The summed E-state index contributed by atoms with van der Waals surface area (Å²) < 4.78 is 14.5. The van der Waals surface area contributed by atoms with Crippen LogP contribution in [0, 0.1) is 17.1 Å². The second kappa shape index (κ2) is 9.17. The van der Waals surface area contributed by atoms with Crippen molar-refractivity contribution in [2.24, 2.45) is 4.99 Å². The van der Waals surface area contributed by atoms with Gasteiger partial charge in [0.15, 0.2) is 0 Å². The van der Waals surface area contributed by atoms with E-state index in [0.29, 0.717) is 34.9 Å². The average Bonchev–Trinajstić information content (AvgIpc) is 3.12. The molecule has 3 N–H and O–H groups in total. The number of fused-ring (bicyclic) bond motifs is 1. The van der Waals surface area contributed by atoms with E-state index >= 15 is 0 Å². The number of rotatable bonds is 5. The molecule has 0 fully saturated rings. The van der Waals surface area contributed by atoms with Gasteiger partial charge in [0, 0.05) is 18.3 Å². The molecule has 0 unspecified atom stereocenters. The standard InChI is InChI=1S/C22H21FN6O2/c1-4-25-21(30)12(2)10-26-13(3)28-17-8-16(29-18-11-27-22(31)20(17)18)19-14(9-24)6-5-7-15(19)23/h5-8,10H,4,11H2,1-3H3,(H,25,30)(H,27,31)(H,26,28,29)/b12-10+. The second-order valence-corrected chi connectivity index (χ2v) is 6.84. The minimum atomic E-state index is -0.583. The first kappa shape index (κ1) is 21.6. The minimum absolute atomic E-state index is 0.0665. The maximum atomic E-state index is 14.5. The highest BCUT2D eigenvalue weighted by Gasteiger charge is 2.27. The maximum absolute atomic E-state index is 14.5. The van der Waals surface area contributed by atoms with Crippen LogP contribution in [0.1, 0.15) is 42.4 Å². The Balaban J connectivity index is 2.03. The van der Waals surface area contributed by atoms with Crippen molar-refractivity contribution in [3.63, 3.8) is 0 Å². The van der Waals surface area contributed by atoms with Crippen molar-refractivity contribution in [3.05, 3.63) is 58.7 Å². The number of amidine groups is 1. The van der Waals surface area contributed by atoms with Crippen LogP contribution in [-0.4, -0.2) is 29.2 Å². The number of nitriles is 1. The van der Waals surface area contributed by atoms with Crippen LogP contribution in [0.15, 0.2) is 41.0 Å². The fraction of sp³-hybridized carbons (Fsp3) is 0.227. The first-order valence-electron chi connectivity index (χ1n) is 9.63. The summed E-state index contributed by atoms with van der Waals surface area (Å²) in [6, 6.07) is 7.70. The van der Waals surface area contributed by atoms with E-state index in [2.05, 4.69) is 25.9 Å². The van der Waals surface area contributed by atoms with E-state index in [1.54, 1.807) is 13.8 Å². The van der Waals surface area contributed by atoms with E-state index in [1.165, 1.54) is 30.5 Å². The third-order valence-corrected chi connectivity index (χ3v) is 4.59. The monoisotopic (exact) mass is 420 g/mol. The van der Waals surface area contributed by atoms with E-state index in [0.717, 1.165) is 0 Å². The molecule has 0 atom stereocenters. The number of carbonyl (C=O) groups excluding carboxylic acids is 2. The Morgan fingerprint density at radius 1 is 1.39 bits per heavy atom. The Morgan fingerprint density at radius 3 is 2.87 bits per heavy atom. The van der Waals surface area contributed by atoms with Crippen LogP contribution in [0.2, 0.25) is 0 Å². The molecule has 0 aliphatic carbocycles. The third kappa shape index (κ3) is 4.59. The molecule has 0 bridgehead atoms. The quantitative estimate of drug-likeness (QED) is 0.390. The molecule has 31 heavy (non-hydrogen) atoms. The van der Waals surface area contributed by atoms with Crippen molar-refractivity contribution < 1.29 is 14.0 Å². The molecular formula is C22H21FN6O2. The summed E-state index contributed by atoms with van der Waals surface area (Å²) >= 11 is 0. The number of nitrogens with zero attached hydrogens (tertiary/aromatic N) is 3. The van der Waals surface area contributed by atoms with Crippen molar-refractivity contribution in [1.29, 1.82) is 5.26 Å². The molecular weight excluding hydrogens is 399 g/mol. The first-order chi connectivity index (χ1) is 14.8. The van der Waals surface area contributed by atoms with Crippen molar-refractivity contribution in [2.75, 3.05) is 11.9 Å². The normalized spacial score (nSPS) is 13.3. The molecule has 0 spiro atoms. The molecule has 2 heterocycles. The molecule has 0 saturated heterocycles. The van der Waals surface area contributed by atoms with Gasteiger partial charge in [-0.2, -0.15) is 5.26 Å². The molecule has 0 saturated carbocycles. The van der Waals surface area contributed by atoms with Crippen molar-refractivity contribution >= 4 is 23.3 Å². The van der Waals surface area contributed by atoms with Crippen LogP contribution in [0.3, 0.4) is 0 Å². The highest BCUT2D eigenvalue weighted by molar-refractivity contribution is 6.07. The molecule has 8 nitrogen and oxygen atoms in total. The molecule has 1 aromatic carbocycles. The van der Waals surface area contributed by atoms with Gasteiger partial charge in [0.2, 0.25) is 5.91 Å². The van der Waals surface area contributed by atoms with Crippen LogP contribution in [-0.2, 0) is 11.3 Å². The summed E-state index contributed by atoms with van der Waals surface area (Å²) in [7, 11) is 0. The van der Waals surface area contributed by atoms with E-state index in [9.17, 15) is 19.2 Å². The number of anilines is 1. The number of pyridine rings is 1. The van der Waals surface area contributed by atoms with Gasteiger partial charge < -0.3 is 16.0 Å². The zero-order valence-corrected chi connectivity index (χ0v) is 17.3. The summed E-state index contributed by atoms with van der Waals surface area (Å²) in [5.41, 5.74) is 2.02. The Kier molecular flexibility index (Phi) is 6.40. The predicted octanol–water partition coefficient (Wildman–Crippen LogP) is 2.87. The SMILES string of the molecule is CCNC(=O)/C(C)=C/N=C(C)Nc1cc(-c2c(F)cccc2C#N)nc2c1C(=O)NC2. The number of likely N-dealkylation sites (N-methyl/N-ethyl adjacent to an activating group) is 1. The fourth-order valence-corrected chi connectivity index (χ4v) is 3.12. The van der Waals surface area contributed by atoms with E-state index in [-0.39, 0.29) is 35.2 Å². The summed E-state index contributed by atoms with van der Waals surface area (Å²) in [4.78, 5) is 32.8. The number of halogens is 1. The summed E-state index contributed by atoms with van der Waals surface area (Å²) in [6.45, 7) is 5.83. The van der Waals surface area contributed by atoms with E-state index in [1.807, 2.05) is 13.0 Å². The van der Waals surface area contributed by atoms with Crippen LogP contribution in [0.4, 0.5) is 10.1 Å². The fourth-order valence-electron chi connectivity index (χ4n) is 3.12. The number of hydrogen-bond acceptors (Lipinski definition) is 5. The number of benzene rings is 1. The van der Waals surface area contributed by atoms with Gasteiger partial charge >= 0.3 is 0 Å². The third-order valence-electron chi connectivity index (χ3n) is 4.59. The maximum Gasteiger partial charge on any atom is 0.255 e. The zero-order valence-electron chi connectivity index (χ0n) is 17.3. The Hall–Kier alpha value is -4.06. The molecule has 2 aromatic rings. The lowest BCUT2D eigenvalue weighted by Gasteiger charge is -2.13. The largest absolute Gasteiger partial charge is 0.353 e. The Labute approximate surface area is 178 Å². The highest BCUT2D eigenvalue weighted by atomic mass is 19.1. The number of amides is 2. The number of aromatic nitrogens is 1. The summed E-state index contributed by atoms with van der Waals surface area (Å²) in [5.74, 6) is -0.709. The topological polar surface area (TPSA) is 119 Å². The van der Waals surface area contributed by atoms with Gasteiger partial charge in [-0.15, -0.1) is 0 Å². The second-order valence-electron chi connectivity index (χ2n) is 6.84. The number of aliphatic imine (C=N–C) groups is 1. The minimum Gasteiger partial charge on any atom is -0.353 e. The molecule has 3 rings (SSSR count). The molecule has 1 aromatic heterocycles. The van der Waals surface area contributed by atoms with Gasteiger partial charge in [-0.1, -0.05) is 6.07 Å². The van der Waals surface area contributed by atoms with Gasteiger partial charge in [0.1, 0.15) is 11.7 Å². The number of carbonyl (C=O) groups is 2. The van der Waals surface area contributed by atoms with Crippen molar-refractivity contribution in [1.82, 2.24) is 15.6 Å². The number of hydrogen-bond donors (Lipinski definition) is 3. The molecule has 1 aliphatic heterocycles.